The van der Waals surface area contributed by atoms with Crippen LogP contribution in [0.15, 0.2) is 48.8 Å². The third-order valence-electron chi connectivity index (χ3n) is 7.78. The molecule has 0 radical (unpaired) electrons. The van der Waals surface area contributed by atoms with E-state index in [0.29, 0.717) is 31.9 Å². The highest BCUT2D eigenvalue weighted by molar-refractivity contribution is 6.01. The van der Waals surface area contributed by atoms with E-state index in [4.69, 9.17) is 9.47 Å². The zero-order valence-electron chi connectivity index (χ0n) is 25.1. The van der Waals surface area contributed by atoms with E-state index in [2.05, 4.69) is 15.2 Å². The van der Waals surface area contributed by atoms with Crippen molar-refractivity contribution < 1.29 is 43.3 Å². The number of carbonyl (C=O) groups is 6. The molecule has 2 saturated heterocycles. The number of nitrogens with zero attached hydrogens (tertiary/aromatic N) is 5. The molecule has 2 fully saturated rings. The van der Waals surface area contributed by atoms with Gasteiger partial charge in [0.25, 0.3) is 5.91 Å². The standard InChI is InChI=1S/C30H36N6O9/c1-44-22-5-3-20(4-6-22)28(41)32-23(17-25(37)34-13-11-33(12-14-34)21-7-9-31-10-8-21)29(42)36-16-15-35(19-26(38)39)30(43)24(36)18-27(40)45-2/h3-10,23-24H,11-19H2,1-2H3,(H,32,41)(H,38,39)/t23-,24-/m0/s1. The number of ether oxygens (including phenoxy) is 2. The molecule has 2 aliphatic rings. The van der Waals surface area contributed by atoms with Gasteiger partial charge in [0.05, 0.1) is 27.1 Å². The van der Waals surface area contributed by atoms with Gasteiger partial charge in [0.1, 0.15) is 24.4 Å². The minimum atomic E-state index is -1.38. The highest BCUT2D eigenvalue weighted by Crippen LogP contribution is 2.20. The number of rotatable bonds is 11. The number of carboxylic acids is 1. The van der Waals surface area contributed by atoms with Gasteiger partial charge in [-0.2, -0.15) is 0 Å². The predicted octanol–water partition coefficient (Wildman–Crippen LogP) is -0.385. The Hall–Kier alpha value is -5.21. The molecule has 2 atom stereocenters. The third-order valence-corrected chi connectivity index (χ3v) is 7.78. The van der Waals surface area contributed by atoms with Gasteiger partial charge >= 0.3 is 11.9 Å². The molecule has 4 rings (SSSR count). The summed E-state index contributed by atoms with van der Waals surface area (Å²) in [5, 5.41) is 11.9. The molecule has 2 aromatic rings. The Kier molecular flexibility index (Phi) is 10.9. The Bertz CT molecular complexity index is 1400. The van der Waals surface area contributed by atoms with Crippen LogP contribution in [0.2, 0.25) is 0 Å². The number of methoxy groups -OCH3 is 2. The number of hydrogen-bond donors (Lipinski definition) is 2. The minimum absolute atomic E-state index is 0.112. The van der Waals surface area contributed by atoms with Crippen LogP contribution in [0, 0.1) is 0 Å². The summed E-state index contributed by atoms with van der Waals surface area (Å²) in [4.78, 5) is 87.5. The largest absolute Gasteiger partial charge is 0.497 e. The molecule has 0 saturated carbocycles. The van der Waals surface area contributed by atoms with Crippen LogP contribution < -0.4 is 15.0 Å². The average Bonchev–Trinajstić information content (AvgIpc) is 3.06. The Balaban J connectivity index is 1.54. The van der Waals surface area contributed by atoms with Crippen LogP contribution >= 0.6 is 0 Å². The van der Waals surface area contributed by atoms with Crippen molar-refractivity contribution in [2.45, 2.75) is 24.9 Å². The number of anilines is 1. The van der Waals surface area contributed by atoms with Gasteiger partial charge in [0.2, 0.25) is 17.7 Å². The van der Waals surface area contributed by atoms with Crippen LogP contribution in [0.4, 0.5) is 5.69 Å². The number of amides is 4. The minimum Gasteiger partial charge on any atom is -0.497 e. The first kappa shape index (κ1) is 32.7. The van der Waals surface area contributed by atoms with E-state index in [9.17, 15) is 33.9 Å². The van der Waals surface area contributed by atoms with E-state index in [1.54, 1.807) is 29.4 Å². The predicted molar refractivity (Wildman–Crippen MR) is 158 cm³/mol. The van der Waals surface area contributed by atoms with Gasteiger partial charge in [-0.3, -0.25) is 33.8 Å². The van der Waals surface area contributed by atoms with E-state index in [-0.39, 0.29) is 24.6 Å². The lowest BCUT2D eigenvalue weighted by Crippen LogP contribution is -2.63. The first-order valence-electron chi connectivity index (χ1n) is 14.4. The van der Waals surface area contributed by atoms with Crippen LogP contribution in [-0.4, -0.2) is 132 Å². The number of hydrogen-bond acceptors (Lipinski definition) is 10. The van der Waals surface area contributed by atoms with E-state index in [1.165, 1.54) is 19.2 Å². The number of benzene rings is 1. The number of nitrogens with one attached hydrogen (secondary N) is 1. The lowest BCUT2D eigenvalue weighted by molar-refractivity contribution is -0.159. The summed E-state index contributed by atoms with van der Waals surface area (Å²) >= 11 is 0. The topological polar surface area (TPSA) is 179 Å². The van der Waals surface area contributed by atoms with E-state index >= 15 is 0 Å². The van der Waals surface area contributed by atoms with Crippen molar-refractivity contribution in [3.63, 3.8) is 0 Å². The second-order valence-electron chi connectivity index (χ2n) is 10.5. The van der Waals surface area contributed by atoms with Crippen molar-refractivity contribution in [1.82, 2.24) is 25.0 Å². The number of esters is 1. The molecule has 0 bridgehead atoms. The van der Waals surface area contributed by atoms with E-state index < -0.39 is 61.1 Å². The van der Waals surface area contributed by atoms with Crippen molar-refractivity contribution in [3.8, 4) is 5.75 Å². The summed E-state index contributed by atoms with van der Waals surface area (Å²) in [5.74, 6) is -4.03. The number of aromatic nitrogens is 1. The monoisotopic (exact) mass is 624 g/mol. The number of piperazine rings is 2. The summed E-state index contributed by atoms with van der Waals surface area (Å²) in [5.41, 5.74) is 1.18. The lowest BCUT2D eigenvalue weighted by Gasteiger charge is -2.41. The first-order valence-corrected chi connectivity index (χ1v) is 14.4. The molecular formula is C30H36N6O9. The van der Waals surface area contributed by atoms with Crippen LogP contribution in [-0.2, 0) is 28.7 Å². The van der Waals surface area contributed by atoms with Crippen molar-refractivity contribution in [3.05, 3.63) is 54.4 Å². The van der Waals surface area contributed by atoms with Crippen LogP contribution in [0.1, 0.15) is 23.2 Å². The second-order valence-corrected chi connectivity index (χ2v) is 10.5. The molecule has 2 N–H and O–H groups in total. The van der Waals surface area contributed by atoms with Crippen molar-refractivity contribution >= 4 is 41.3 Å². The molecule has 15 heteroatoms. The molecule has 4 amide bonds. The Morgan fingerprint density at radius 3 is 2.22 bits per heavy atom. The third kappa shape index (κ3) is 8.25. The van der Waals surface area contributed by atoms with Gasteiger partial charge < -0.3 is 39.5 Å². The highest BCUT2D eigenvalue weighted by atomic mass is 16.5. The van der Waals surface area contributed by atoms with E-state index in [0.717, 1.165) is 22.6 Å². The van der Waals surface area contributed by atoms with Crippen LogP contribution in [0.5, 0.6) is 5.75 Å². The maximum absolute atomic E-state index is 14.0. The zero-order valence-corrected chi connectivity index (χ0v) is 25.1. The van der Waals surface area contributed by atoms with Crippen LogP contribution in [0.25, 0.3) is 0 Å². The van der Waals surface area contributed by atoms with E-state index in [1.807, 2.05) is 12.1 Å². The molecule has 1 aromatic heterocycles. The molecule has 45 heavy (non-hydrogen) atoms. The SMILES string of the molecule is COC(=O)C[C@H]1C(=O)N(CC(=O)O)CCN1C(=O)[C@H](CC(=O)N1CCN(c2ccncc2)CC1)NC(=O)c1ccc(OC)cc1. The van der Waals surface area contributed by atoms with Gasteiger partial charge in [0, 0.05) is 62.9 Å². The summed E-state index contributed by atoms with van der Waals surface area (Å²) in [6.07, 6.45) is 2.45. The highest BCUT2D eigenvalue weighted by Gasteiger charge is 2.42. The van der Waals surface area contributed by atoms with Gasteiger partial charge in [-0.1, -0.05) is 0 Å². The number of carbonyl (C=O) groups excluding carboxylic acids is 5. The summed E-state index contributed by atoms with van der Waals surface area (Å²) < 4.78 is 9.86. The van der Waals surface area contributed by atoms with Crippen molar-refractivity contribution in [1.29, 1.82) is 0 Å². The number of pyridine rings is 1. The summed E-state index contributed by atoms with van der Waals surface area (Å²) in [6.45, 7) is 1.02. The number of carboxylic acid groups (broad SMARTS) is 1. The maximum atomic E-state index is 14.0. The zero-order chi connectivity index (χ0) is 32.5. The van der Waals surface area contributed by atoms with Crippen LogP contribution in [0.3, 0.4) is 0 Å². The molecule has 0 spiro atoms. The molecular weight excluding hydrogens is 588 g/mol. The molecule has 0 unspecified atom stereocenters. The maximum Gasteiger partial charge on any atom is 0.323 e. The Morgan fingerprint density at radius 2 is 1.62 bits per heavy atom. The van der Waals surface area contributed by atoms with Gasteiger partial charge in [-0.25, -0.2) is 0 Å². The second kappa shape index (κ2) is 15.0. The van der Waals surface area contributed by atoms with Gasteiger partial charge in [-0.05, 0) is 36.4 Å². The van der Waals surface area contributed by atoms with Crippen molar-refractivity contribution in [2.75, 3.05) is 64.9 Å². The first-order chi connectivity index (χ1) is 21.6. The van der Waals surface area contributed by atoms with Gasteiger partial charge in [0.15, 0.2) is 0 Å². The smallest absolute Gasteiger partial charge is 0.323 e. The molecule has 2 aliphatic heterocycles. The van der Waals surface area contributed by atoms with Gasteiger partial charge in [-0.15, -0.1) is 0 Å². The normalized spacial score (nSPS) is 17.4. The molecule has 15 nitrogen and oxygen atoms in total. The molecule has 240 valence electrons. The summed E-state index contributed by atoms with van der Waals surface area (Å²) in [7, 11) is 2.61. The van der Waals surface area contributed by atoms with Crippen molar-refractivity contribution in [2.24, 2.45) is 0 Å². The Morgan fingerprint density at radius 1 is 0.956 bits per heavy atom. The summed E-state index contributed by atoms with van der Waals surface area (Å²) in [6, 6.07) is 7.15. The molecule has 1 aromatic carbocycles. The molecule has 0 aliphatic carbocycles. The molecule has 3 heterocycles. The number of aliphatic carboxylic acids is 1. The Labute approximate surface area is 259 Å². The fraction of sp³-hybridized carbons (Fsp3) is 0.433. The lowest BCUT2D eigenvalue weighted by atomic mass is 10.0. The fourth-order valence-electron chi connectivity index (χ4n) is 5.32. The quantitative estimate of drug-likeness (QED) is 0.311. The average molecular weight is 625 g/mol. The fourth-order valence-corrected chi connectivity index (χ4v) is 5.32.